The van der Waals surface area contributed by atoms with Gasteiger partial charge in [0.25, 0.3) is 0 Å². The van der Waals surface area contributed by atoms with Crippen molar-refractivity contribution < 1.29 is 13.2 Å². The average molecular weight is 302 g/mol. The molecule has 19 heavy (non-hydrogen) atoms. The van der Waals surface area contributed by atoms with Crippen molar-refractivity contribution in [3.8, 4) is 0 Å². The van der Waals surface area contributed by atoms with Crippen LogP contribution in [0.1, 0.15) is 12.5 Å². The van der Waals surface area contributed by atoms with Crippen molar-refractivity contribution in [2.24, 2.45) is 0 Å². The topological polar surface area (TPSA) is 54.5 Å². The fraction of sp³-hybridized carbons (Fsp3) is 0.462. The Morgan fingerprint density at radius 3 is 2.42 bits per heavy atom. The van der Waals surface area contributed by atoms with E-state index >= 15 is 0 Å². The van der Waals surface area contributed by atoms with Crippen molar-refractivity contribution in [1.29, 1.82) is 0 Å². The lowest BCUT2D eigenvalue weighted by molar-refractivity contribution is -0.133. The summed E-state index contributed by atoms with van der Waals surface area (Å²) in [6.45, 7) is 2.28. The summed E-state index contributed by atoms with van der Waals surface area (Å²) in [5.74, 6) is 0.0986. The van der Waals surface area contributed by atoms with Gasteiger partial charge in [-0.15, -0.1) is 0 Å². The van der Waals surface area contributed by atoms with Crippen LogP contribution in [0.3, 0.4) is 0 Å². The lowest BCUT2D eigenvalue weighted by Crippen LogP contribution is -2.57. The van der Waals surface area contributed by atoms with Crippen LogP contribution in [0.4, 0.5) is 0 Å². The molecule has 1 aliphatic heterocycles. The Balaban J connectivity index is 1.89. The number of sulfone groups is 1. The second-order valence-corrected chi connectivity index (χ2v) is 7.68. The van der Waals surface area contributed by atoms with Gasteiger partial charge in [-0.2, -0.15) is 0 Å². The second kappa shape index (κ2) is 5.51. The Morgan fingerprint density at radius 2 is 1.89 bits per heavy atom. The van der Waals surface area contributed by atoms with Gasteiger partial charge < -0.3 is 4.90 Å². The van der Waals surface area contributed by atoms with Gasteiger partial charge in [0.05, 0.1) is 11.7 Å². The minimum absolute atomic E-state index is 0.0372. The standard InChI is InChI=1S/C13H16ClNO3S/c1-2-19(17,18)12-8-15(9-12)13(16)7-10-3-5-11(14)6-4-10/h3-6,12H,2,7-9H2,1H3. The highest BCUT2D eigenvalue weighted by atomic mass is 35.5. The number of rotatable bonds is 4. The second-order valence-electron chi connectivity index (χ2n) is 4.68. The molecular weight excluding hydrogens is 286 g/mol. The zero-order chi connectivity index (χ0) is 14.0. The Hall–Kier alpha value is -1.07. The number of amides is 1. The highest BCUT2D eigenvalue weighted by molar-refractivity contribution is 7.92. The predicted molar refractivity (Wildman–Crippen MR) is 75.0 cm³/mol. The molecule has 0 aromatic heterocycles. The third-order valence-electron chi connectivity index (χ3n) is 3.38. The number of halogens is 1. The van der Waals surface area contributed by atoms with E-state index in [1.807, 2.05) is 0 Å². The third-order valence-corrected chi connectivity index (χ3v) is 5.75. The van der Waals surface area contributed by atoms with Gasteiger partial charge in [0.15, 0.2) is 9.84 Å². The van der Waals surface area contributed by atoms with Crippen LogP contribution in [0.15, 0.2) is 24.3 Å². The zero-order valence-electron chi connectivity index (χ0n) is 10.7. The Morgan fingerprint density at radius 1 is 1.32 bits per heavy atom. The van der Waals surface area contributed by atoms with Crippen LogP contribution in [0.25, 0.3) is 0 Å². The van der Waals surface area contributed by atoms with Crippen LogP contribution >= 0.6 is 11.6 Å². The predicted octanol–water partition coefficient (Wildman–Crippen LogP) is 1.53. The molecule has 1 saturated heterocycles. The largest absolute Gasteiger partial charge is 0.340 e. The van der Waals surface area contributed by atoms with Crippen LogP contribution in [-0.4, -0.2) is 43.3 Å². The minimum atomic E-state index is -3.02. The molecular formula is C13H16ClNO3S. The van der Waals surface area contributed by atoms with E-state index in [1.165, 1.54) is 0 Å². The normalized spacial score (nSPS) is 16.2. The Labute approximate surface area is 118 Å². The smallest absolute Gasteiger partial charge is 0.227 e. The van der Waals surface area contributed by atoms with Crippen molar-refractivity contribution in [2.75, 3.05) is 18.8 Å². The van der Waals surface area contributed by atoms with Crippen LogP contribution in [0, 0.1) is 0 Å². The van der Waals surface area contributed by atoms with Gasteiger partial charge in [0.1, 0.15) is 0 Å². The fourth-order valence-corrected chi connectivity index (χ4v) is 3.40. The summed E-state index contributed by atoms with van der Waals surface area (Å²) in [7, 11) is -3.02. The van der Waals surface area contributed by atoms with Gasteiger partial charge in [-0.3, -0.25) is 4.79 Å². The number of nitrogens with zero attached hydrogens (tertiary/aromatic N) is 1. The summed E-state index contributed by atoms with van der Waals surface area (Å²) >= 11 is 5.77. The van der Waals surface area contributed by atoms with Gasteiger partial charge >= 0.3 is 0 Å². The first-order chi connectivity index (χ1) is 8.92. The fourth-order valence-electron chi connectivity index (χ4n) is 1.99. The van der Waals surface area contributed by atoms with Gasteiger partial charge in [0, 0.05) is 23.9 Å². The highest BCUT2D eigenvalue weighted by Crippen LogP contribution is 2.19. The van der Waals surface area contributed by atoms with Crippen LogP contribution in [0.2, 0.25) is 5.02 Å². The maximum absolute atomic E-state index is 11.9. The van der Waals surface area contributed by atoms with Gasteiger partial charge in [-0.05, 0) is 17.7 Å². The van der Waals surface area contributed by atoms with Crippen LogP contribution < -0.4 is 0 Å². The molecule has 1 heterocycles. The highest BCUT2D eigenvalue weighted by Gasteiger charge is 2.38. The Bertz CT molecular complexity index is 562. The van der Waals surface area contributed by atoms with E-state index in [-0.39, 0.29) is 23.3 Å². The molecule has 0 aliphatic carbocycles. The minimum Gasteiger partial charge on any atom is -0.340 e. The first-order valence-electron chi connectivity index (χ1n) is 6.16. The zero-order valence-corrected chi connectivity index (χ0v) is 12.2. The molecule has 1 aliphatic rings. The van der Waals surface area contributed by atoms with E-state index < -0.39 is 9.84 Å². The van der Waals surface area contributed by atoms with Crippen molar-refractivity contribution in [3.63, 3.8) is 0 Å². The van der Waals surface area contributed by atoms with Crippen molar-refractivity contribution in [1.82, 2.24) is 4.90 Å². The summed E-state index contributed by atoms with van der Waals surface area (Å²) in [4.78, 5) is 13.5. The molecule has 0 N–H and O–H groups in total. The number of benzene rings is 1. The number of carbonyl (C=O) groups is 1. The summed E-state index contributed by atoms with van der Waals surface area (Å²) in [5.41, 5.74) is 0.885. The van der Waals surface area contributed by atoms with E-state index in [2.05, 4.69) is 0 Å². The molecule has 1 fully saturated rings. The maximum Gasteiger partial charge on any atom is 0.227 e. The molecule has 0 saturated carbocycles. The molecule has 6 heteroatoms. The number of hydrogen-bond donors (Lipinski definition) is 0. The maximum atomic E-state index is 11.9. The lowest BCUT2D eigenvalue weighted by atomic mass is 10.1. The molecule has 0 atom stereocenters. The van der Waals surface area contributed by atoms with E-state index in [4.69, 9.17) is 11.6 Å². The molecule has 1 aromatic carbocycles. The SMILES string of the molecule is CCS(=O)(=O)C1CN(C(=O)Cc2ccc(Cl)cc2)C1. The number of carbonyl (C=O) groups excluding carboxylic acids is 1. The van der Waals surface area contributed by atoms with E-state index in [0.29, 0.717) is 18.1 Å². The molecule has 1 aromatic rings. The molecule has 2 rings (SSSR count). The quantitative estimate of drug-likeness (QED) is 0.847. The summed E-state index contributed by atoms with van der Waals surface area (Å²) in [6.07, 6.45) is 0.288. The third kappa shape index (κ3) is 3.28. The van der Waals surface area contributed by atoms with Gasteiger partial charge in [0.2, 0.25) is 5.91 Å². The molecule has 104 valence electrons. The number of likely N-dealkylation sites (tertiary alicyclic amines) is 1. The number of hydrogen-bond acceptors (Lipinski definition) is 3. The van der Waals surface area contributed by atoms with E-state index in [0.717, 1.165) is 5.56 Å². The summed E-state index contributed by atoms with van der Waals surface area (Å²) in [5, 5.41) is 0.251. The summed E-state index contributed by atoms with van der Waals surface area (Å²) in [6, 6.07) is 7.09. The van der Waals surface area contributed by atoms with Crippen LogP contribution in [-0.2, 0) is 21.1 Å². The lowest BCUT2D eigenvalue weighted by Gasteiger charge is -2.38. The van der Waals surface area contributed by atoms with Crippen LogP contribution in [0.5, 0.6) is 0 Å². The van der Waals surface area contributed by atoms with Crippen molar-refractivity contribution in [2.45, 2.75) is 18.6 Å². The molecule has 0 bridgehead atoms. The summed E-state index contributed by atoms with van der Waals surface area (Å²) < 4.78 is 23.2. The first-order valence-corrected chi connectivity index (χ1v) is 8.25. The average Bonchev–Trinajstić information content (AvgIpc) is 2.30. The molecule has 0 unspecified atom stereocenters. The molecule has 0 radical (unpaired) electrons. The van der Waals surface area contributed by atoms with Crippen molar-refractivity contribution >= 4 is 27.3 Å². The molecule has 0 spiro atoms. The Kier molecular flexibility index (Phi) is 4.16. The van der Waals surface area contributed by atoms with E-state index in [1.54, 1.807) is 36.1 Å². The van der Waals surface area contributed by atoms with Gasteiger partial charge in [-0.1, -0.05) is 30.7 Å². The van der Waals surface area contributed by atoms with E-state index in [9.17, 15) is 13.2 Å². The van der Waals surface area contributed by atoms with Crippen molar-refractivity contribution in [3.05, 3.63) is 34.9 Å². The first kappa shape index (κ1) is 14.3. The molecule has 1 amide bonds. The molecule has 4 nitrogen and oxygen atoms in total. The monoisotopic (exact) mass is 301 g/mol. The van der Waals surface area contributed by atoms with Gasteiger partial charge in [-0.25, -0.2) is 8.42 Å².